The van der Waals surface area contributed by atoms with Crippen molar-refractivity contribution in [2.24, 2.45) is 0 Å². The van der Waals surface area contributed by atoms with E-state index in [0.717, 1.165) is 84.2 Å². The van der Waals surface area contributed by atoms with Crippen LogP contribution in [0.1, 0.15) is 0 Å². The normalized spacial score (nSPS) is 11.6. The lowest BCUT2D eigenvalue weighted by molar-refractivity contribution is 1.07. The Labute approximate surface area is 422 Å². The van der Waals surface area contributed by atoms with E-state index in [-0.39, 0.29) is 0 Å². The number of hydrogen-bond donors (Lipinski definition) is 0. The molecule has 0 aliphatic carbocycles. The van der Waals surface area contributed by atoms with Gasteiger partial charge in [-0.3, -0.25) is 4.57 Å². The summed E-state index contributed by atoms with van der Waals surface area (Å²) < 4.78 is 7.05. The summed E-state index contributed by atoms with van der Waals surface area (Å²) in [6.45, 7) is 0. The summed E-state index contributed by atoms with van der Waals surface area (Å²) >= 11 is 0. The van der Waals surface area contributed by atoms with Crippen molar-refractivity contribution in [1.82, 2.24) is 23.9 Å². The Morgan fingerprint density at radius 2 is 0.507 bits per heavy atom. The van der Waals surface area contributed by atoms with Gasteiger partial charge in [0.2, 0.25) is 0 Å². The number of fused-ring (bicyclic) bond motifs is 6. The Balaban J connectivity index is 0.969. The molecule has 0 aliphatic rings. The van der Waals surface area contributed by atoms with Gasteiger partial charge in [-0.1, -0.05) is 200 Å². The molecule has 342 valence electrons. The molecule has 0 saturated heterocycles. The Hall–Kier alpha value is -9.84. The van der Waals surface area contributed by atoms with Crippen LogP contribution in [0.4, 0.5) is 0 Å². The van der Waals surface area contributed by atoms with E-state index in [1.54, 1.807) is 0 Å². The van der Waals surface area contributed by atoms with Gasteiger partial charge in [0.25, 0.3) is 0 Å². The predicted molar refractivity (Wildman–Crippen MR) is 303 cm³/mol. The van der Waals surface area contributed by atoms with E-state index in [2.05, 4.69) is 287 Å². The van der Waals surface area contributed by atoms with Gasteiger partial charge in [-0.2, -0.15) is 0 Å². The minimum absolute atomic E-state index is 0.756. The first kappa shape index (κ1) is 42.1. The van der Waals surface area contributed by atoms with E-state index in [1.165, 1.54) is 43.8 Å². The van der Waals surface area contributed by atoms with Crippen molar-refractivity contribution in [1.29, 1.82) is 0 Å². The molecule has 0 spiro atoms. The van der Waals surface area contributed by atoms with Crippen LogP contribution in [0.5, 0.6) is 0 Å². The van der Waals surface area contributed by atoms with Crippen molar-refractivity contribution < 1.29 is 0 Å². The third-order valence-electron chi connectivity index (χ3n) is 14.3. The van der Waals surface area contributed by atoms with Gasteiger partial charge in [0, 0.05) is 49.7 Å². The van der Waals surface area contributed by atoms with Gasteiger partial charge >= 0.3 is 0 Å². The van der Waals surface area contributed by atoms with Crippen LogP contribution in [0, 0.1) is 0 Å². The maximum absolute atomic E-state index is 5.10. The summed E-state index contributed by atoms with van der Waals surface area (Å²) in [7, 11) is 0. The van der Waals surface area contributed by atoms with Crippen LogP contribution in [0.25, 0.3) is 128 Å². The Kier molecular flexibility index (Phi) is 10.1. The number of hydrogen-bond acceptors (Lipinski definition) is 2. The number of aromatic nitrogens is 5. The van der Waals surface area contributed by atoms with E-state index in [4.69, 9.17) is 10.2 Å². The molecule has 3 heterocycles. The van der Waals surface area contributed by atoms with Gasteiger partial charge in [-0.25, -0.2) is 0 Å². The molecule has 0 fully saturated rings. The minimum Gasteiger partial charge on any atom is -0.309 e. The average molecular weight is 932 g/mol. The fourth-order valence-corrected chi connectivity index (χ4v) is 10.9. The number of nitrogens with zero attached hydrogens (tertiary/aromatic N) is 5. The number of benzene rings is 11. The van der Waals surface area contributed by atoms with Gasteiger partial charge in [0.1, 0.15) is 0 Å². The maximum atomic E-state index is 5.10. The van der Waals surface area contributed by atoms with Crippen LogP contribution in [0.2, 0.25) is 0 Å². The highest BCUT2D eigenvalue weighted by Gasteiger charge is 2.23. The Bertz CT molecular complexity index is 3970. The van der Waals surface area contributed by atoms with Crippen molar-refractivity contribution in [3.63, 3.8) is 0 Å². The van der Waals surface area contributed by atoms with Gasteiger partial charge in [-0.05, 0) is 117 Å². The summed E-state index contributed by atoms with van der Waals surface area (Å²) in [6, 6.07) is 98.0. The molecule has 3 aromatic heterocycles. The van der Waals surface area contributed by atoms with E-state index < -0.39 is 0 Å². The highest BCUT2D eigenvalue weighted by atomic mass is 15.3. The van der Waals surface area contributed by atoms with Crippen molar-refractivity contribution >= 4 is 43.6 Å². The van der Waals surface area contributed by atoms with Crippen LogP contribution < -0.4 is 0 Å². The third kappa shape index (κ3) is 7.33. The lowest BCUT2D eigenvalue weighted by Crippen LogP contribution is -2.01. The molecule has 0 bridgehead atoms. The van der Waals surface area contributed by atoms with Gasteiger partial charge < -0.3 is 9.13 Å². The first-order chi connectivity index (χ1) is 36.2. The van der Waals surface area contributed by atoms with E-state index in [1.807, 2.05) is 0 Å². The number of rotatable bonds is 9. The smallest absolute Gasteiger partial charge is 0.168 e. The molecular formula is C68H45N5. The standard InChI is InChI=1S/C68H45N5/c1-6-20-46(21-7-1)52-38-53(47-22-8-2-9-23-47)41-57(40-52)71-63-32-18-16-30-59(63)61-36-34-50(44-65(61)71)67-69-70-68(73(67)56-28-14-5-15-29-56)51-35-37-62-60-31-17-19-33-64(60)72(66(62)45-51)58-42-54(48-24-10-3-11-25-48)39-55(43-58)49-26-12-4-13-27-49/h1-45H. The molecule has 0 unspecified atom stereocenters. The second kappa shape index (κ2) is 17.5. The fraction of sp³-hybridized carbons (Fsp3) is 0. The summed E-state index contributed by atoms with van der Waals surface area (Å²) in [6.07, 6.45) is 0. The van der Waals surface area contributed by atoms with Gasteiger partial charge in [-0.15, -0.1) is 10.2 Å². The molecule has 5 nitrogen and oxygen atoms in total. The largest absolute Gasteiger partial charge is 0.309 e. The van der Waals surface area contributed by atoms with E-state index in [9.17, 15) is 0 Å². The lowest BCUT2D eigenvalue weighted by atomic mass is 9.98. The fourth-order valence-electron chi connectivity index (χ4n) is 10.9. The average Bonchev–Trinajstić information content (AvgIpc) is 4.16. The van der Waals surface area contributed by atoms with Crippen LogP contribution in [-0.2, 0) is 0 Å². The second-order valence-corrected chi connectivity index (χ2v) is 18.7. The Morgan fingerprint density at radius 1 is 0.192 bits per heavy atom. The quantitative estimate of drug-likeness (QED) is 0.145. The molecule has 11 aromatic carbocycles. The van der Waals surface area contributed by atoms with Crippen molar-refractivity contribution in [3.05, 3.63) is 273 Å². The van der Waals surface area contributed by atoms with E-state index >= 15 is 0 Å². The maximum Gasteiger partial charge on any atom is 0.168 e. The lowest BCUT2D eigenvalue weighted by Gasteiger charge is -2.15. The van der Waals surface area contributed by atoms with Crippen molar-refractivity contribution in [2.45, 2.75) is 0 Å². The highest BCUT2D eigenvalue weighted by molar-refractivity contribution is 6.11. The van der Waals surface area contributed by atoms with Crippen LogP contribution in [-0.4, -0.2) is 23.9 Å². The molecule has 0 amide bonds. The molecular weight excluding hydrogens is 887 g/mol. The highest BCUT2D eigenvalue weighted by Crippen LogP contribution is 2.41. The summed E-state index contributed by atoms with van der Waals surface area (Å²) in [5.74, 6) is 1.51. The molecule has 0 atom stereocenters. The zero-order chi connectivity index (χ0) is 48.2. The minimum atomic E-state index is 0.756. The zero-order valence-electron chi connectivity index (χ0n) is 39.7. The SMILES string of the molecule is c1ccc(-c2cc(-c3ccccc3)cc(-n3c4ccccc4c4ccc(-c5nnc(-c6ccc7c8ccccc8n(-c8cc(-c9ccccc9)cc(-c9ccccc9)c8)c7c6)n5-c5ccccc5)cc43)c2)cc1. The summed E-state index contributed by atoms with van der Waals surface area (Å²) in [5, 5.41) is 14.9. The molecule has 0 radical (unpaired) electrons. The molecule has 73 heavy (non-hydrogen) atoms. The van der Waals surface area contributed by atoms with Crippen molar-refractivity contribution in [3.8, 4) is 84.3 Å². The van der Waals surface area contributed by atoms with Crippen LogP contribution in [0.15, 0.2) is 273 Å². The van der Waals surface area contributed by atoms with Crippen LogP contribution in [0.3, 0.4) is 0 Å². The summed E-state index contributed by atoms with van der Waals surface area (Å²) in [5.41, 5.74) is 18.8. The Morgan fingerprint density at radius 3 is 0.877 bits per heavy atom. The van der Waals surface area contributed by atoms with Crippen LogP contribution >= 0.6 is 0 Å². The number of para-hydroxylation sites is 3. The van der Waals surface area contributed by atoms with Crippen molar-refractivity contribution in [2.75, 3.05) is 0 Å². The molecule has 5 heteroatoms. The summed E-state index contributed by atoms with van der Waals surface area (Å²) in [4.78, 5) is 0. The second-order valence-electron chi connectivity index (χ2n) is 18.7. The monoisotopic (exact) mass is 931 g/mol. The first-order valence-corrected chi connectivity index (χ1v) is 24.8. The van der Waals surface area contributed by atoms with E-state index in [0.29, 0.717) is 0 Å². The predicted octanol–water partition coefficient (Wildman–Crippen LogP) is 17.5. The first-order valence-electron chi connectivity index (χ1n) is 24.8. The molecule has 0 aliphatic heterocycles. The molecule has 0 N–H and O–H groups in total. The molecule has 14 rings (SSSR count). The van der Waals surface area contributed by atoms with Gasteiger partial charge in [0.15, 0.2) is 11.6 Å². The van der Waals surface area contributed by atoms with Gasteiger partial charge in [0.05, 0.1) is 22.1 Å². The third-order valence-corrected chi connectivity index (χ3v) is 14.3. The molecule has 0 saturated carbocycles. The zero-order valence-corrected chi connectivity index (χ0v) is 39.7. The molecule has 14 aromatic rings. The topological polar surface area (TPSA) is 40.6 Å².